The molecule has 2 heterocycles. The number of nitriles is 1. The predicted molar refractivity (Wildman–Crippen MR) is 94.6 cm³/mol. The molecule has 1 fully saturated rings. The molecule has 0 aliphatic carbocycles. The molecule has 27 heavy (non-hydrogen) atoms. The number of anilines is 1. The summed E-state index contributed by atoms with van der Waals surface area (Å²) in [7, 11) is -2.48. The largest absolute Gasteiger partial charge is 0.467 e. The lowest BCUT2D eigenvalue weighted by molar-refractivity contribution is 0.122. The van der Waals surface area contributed by atoms with Crippen molar-refractivity contribution in [1.82, 2.24) is 19.7 Å². The van der Waals surface area contributed by atoms with Gasteiger partial charge in [0.2, 0.25) is 16.0 Å². The summed E-state index contributed by atoms with van der Waals surface area (Å²) in [6, 6.07) is 7.93. The summed E-state index contributed by atoms with van der Waals surface area (Å²) < 4.78 is 37.9. The van der Waals surface area contributed by atoms with Crippen molar-refractivity contribution in [2.45, 2.75) is 11.4 Å². The number of sulfonamides is 1. The molecule has 10 nitrogen and oxygen atoms in total. The first-order valence-corrected chi connectivity index (χ1v) is 9.62. The van der Waals surface area contributed by atoms with Crippen LogP contribution in [0.3, 0.4) is 0 Å². The molecule has 1 aliphatic heterocycles. The monoisotopic (exact) mass is 390 g/mol. The molecular formula is C16H18N6O4S. The van der Waals surface area contributed by atoms with Crippen molar-refractivity contribution in [2.75, 3.05) is 38.3 Å². The molecule has 142 valence electrons. The van der Waals surface area contributed by atoms with Crippen LogP contribution in [-0.2, 0) is 21.3 Å². The predicted octanol–water partition coefficient (Wildman–Crippen LogP) is 0.0670. The van der Waals surface area contributed by atoms with Crippen LogP contribution in [-0.4, -0.2) is 56.8 Å². The second-order valence-electron chi connectivity index (χ2n) is 5.57. The Kier molecular flexibility index (Phi) is 5.80. The zero-order valence-electron chi connectivity index (χ0n) is 14.6. The Morgan fingerprint density at radius 1 is 1.26 bits per heavy atom. The van der Waals surface area contributed by atoms with Crippen molar-refractivity contribution < 1.29 is 17.9 Å². The Balaban J connectivity index is 1.81. The molecule has 0 radical (unpaired) electrons. The summed E-state index contributed by atoms with van der Waals surface area (Å²) in [6.45, 7) is 2.18. The Hall–Kier alpha value is -2.81. The average Bonchev–Trinajstić information content (AvgIpc) is 2.72. The number of aromatic nitrogens is 3. The second kappa shape index (κ2) is 8.26. The van der Waals surface area contributed by atoms with Gasteiger partial charge in [0, 0.05) is 13.1 Å². The Morgan fingerprint density at radius 2 is 2.00 bits per heavy atom. The summed E-state index contributed by atoms with van der Waals surface area (Å²) >= 11 is 0. The van der Waals surface area contributed by atoms with E-state index in [1.165, 1.54) is 19.2 Å². The molecule has 0 unspecified atom stereocenters. The van der Waals surface area contributed by atoms with Gasteiger partial charge in [0.1, 0.15) is 6.07 Å². The molecular weight excluding hydrogens is 372 g/mol. The fraction of sp³-hybridized carbons (Fsp3) is 0.375. The highest BCUT2D eigenvalue weighted by molar-refractivity contribution is 7.89. The van der Waals surface area contributed by atoms with Crippen molar-refractivity contribution in [3.05, 3.63) is 35.7 Å². The van der Waals surface area contributed by atoms with Crippen molar-refractivity contribution in [2.24, 2.45) is 0 Å². The summed E-state index contributed by atoms with van der Waals surface area (Å²) in [6.07, 6.45) is 0. The van der Waals surface area contributed by atoms with E-state index in [2.05, 4.69) is 19.7 Å². The zero-order chi connectivity index (χ0) is 19.3. The number of hydrogen-bond acceptors (Lipinski definition) is 9. The highest BCUT2D eigenvalue weighted by Crippen LogP contribution is 2.16. The Bertz CT molecular complexity index is 954. The van der Waals surface area contributed by atoms with Crippen LogP contribution < -0.4 is 14.4 Å². The highest BCUT2D eigenvalue weighted by atomic mass is 32.2. The van der Waals surface area contributed by atoms with Crippen molar-refractivity contribution in [1.29, 1.82) is 5.26 Å². The maximum atomic E-state index is 12.5. The van der Waals surface area contributed by atoms with Gasteiger partial charge in [-0.2, -0.15) is 20.2 Å². The Morgan fingerprint density at radius 3 is 2.70 bits per heavy atom. The third-order valence-corrected chi connectivity index (χ3v) is 5.30. The van der Waals surface area contributed by atoms with E-state index in [0.717, 1.165) is 0 Å². The van der Waals surface area contributed by atoms with Gasteiger partial charge in [0.25, 0.3) is 0 Å². The number of nitrogens with zero attached hydrogens (tertiary/aromatic N) is 5. The van der Waals surface area contributed by atoms with Gasteiger partial charge in [-0.15, -0.1) is 0 Å². The minimum atomic E-state index is -3.91. The van der Waals surface area contributed by atoms with Crippen LogP contribution in [0.15, 0.2) is 29.2 Å². The normalized spacial score (nSPS) is 14.6. The van der Waals surface area contributed by atoms with Gasteiger partial charge < -0.3 is 14.4 Å². The number of rotatable bonds is 6. The quantitative estimate of drug-likeness (QED) is 0.728. The van der Waals surface area contributed by atoms with E-state index >= 15 is 0 Å². The minimum Gasteiger partial charge on any atom is -0.467 e. The SMILES string of the molecule is COc1nc(CNS(=O)(=O)c2ccccc2C#N)nc(N2CCOCC2)n1. The van der Waals surface area contributed by atoms with Crippen LogP contribution in [0.1, 0.15) is 11.4 Å². The summed E-state index contributed by atoms with van der Waals surface area (Å²) in [5.74, 6) is 0.609. The molecule has 1 aromatic heterocycles. The van der Waals surface area contributed by atoms with Gasteiger partial charge >= 0.3 is 6.01 Å². The first-order valence-electron chi connectivity index (χ1n) is 8.14. The number of hydrogen-bond donors (Lipinski definition) is 1. The van der Waals surface area contributed by atoms with Crippen LogP contribution in [0.4, 0.5) is 5.95 Å². The molecule has 1 saturated heterocycles. The van der Waals surface area contributed by atoms with Crippen molar-refractivity contribution in [3.63, 3.8) is 0 Å². The molecule has 0 spiro atoms. The summed E-state index contributed by atoms with van der Waals surface area (Å²) in [5.41, 5.74) is 0.0623. The molecule has 3 rings (SSSR count). The van der Waals surface area contributed by atoms with E-state index in [0.29, 0.717) is 32.3 Å². The highest BCUT2D eigenvalue weighted by Gasteiger charge is 2.20. The second-order valence-corrected chi connectivity index (χ2v) is 7.31. The third-order valence-electron chi connectivity index (χ3n) is 3.84. The maximum Gasteiger partial charge on any atom is 0.321 e. The van der Waals surface area contributed by atoms with E-state index in [1.807, 2.05) is 11.0 Å². The van der Waals surface area contributed by atoms with Crippen LogP contribution >= 0.6 is 0 Å². The molecule has 2 aromatic rings. The van der Waals surface area contributed by atoms with E-state index < -0.39 is 10.0 Å². The molecule has 11 heteroatoms. The standard InChI is InChI=1S/C16H18N6O4S/c1-25-16-20-14(19-15(21-16)22-6-8-26-9-7-22)11-18-27(23,24)13-5-3-2-4-12(13)10-17/h2-5,18H,6-9,11H2,1H3. The fourth-order valence-corrected chi connectivity index (χ4v) is 3.63. The van der Waals surface area contributed by atoms with E-state index in [9.17, 15) is 8.42 Å². The van der Waals surface area contributed by atoms with Gasteiger partial charge in [-0.25, -0.2) is 13.1 Å². The number of methoxy groups -OCH3 is 1. The summed E-state index contributed by atoms with van der Waals surface area (Å²) in [5, 5.41) is 9.11. The van der Waals surface area contributed by atoms with Gasteiger partial charge in [-0.05, 0) is 12.1 Å². The van der Waals surface area contributed by atoms with Gasteiger partial charge in [0.05, 0.1) is 37.3 Å². The van der Waals surface area contributed by atoms with E-state index in [-0.39, 0.29) is 28.8 Å². The van der Waals surface area contributed by atoms with Crippen LogP contribution in [0.25, 0.3) is 0 Å². The lowest BCUT2D eigenvalue weighted by atomic mass is 10.2. The van der Waals surface area contributed by atoms with Gasteiger partial charge in [-0.3, -0.25) is 0 Å². The number of benzene rings is 1. The molecule has 1 N–H and O–H groups in total. The zero-order valence-corrected chi connectivity index (χ0v) is 15.4. The third kappa shape index (κ3) is 4.48. The van der Waals surface area contributed by atoms with E-state index in [4.69, 9.17) is 14.7 Å². The number of nitrogens with one attached hydrogen (secondary N) is 1. The number of morpholine rings is 1. The van der Waals surface area contributed by atoms with Gasteiger partial charge in [0.15, 0.2) is 5.82 Å². The lowest BCUT2D eigenvalue weighted by Gasteiger charge is -2.26. The fourth-order valence-electron chi connectivity index (χ4n) is 2.49. The van der Waals surface area contributed by atoms with Crippen LogP contribution in [0.2, 0.25) is 0 Å². The van der Waals surface area contributed by atoms with Crippen LogP contribution in [0, 0.1) is 11.3 Å². The average molecular weight is 390 g/mol. The molecule has 0 atom stereocenters. The topological polar surface area (TPSA) is 130 Å². The molecule has 0 saturated carbocycles. The minimum absolute atomic E-state index is 0.0623. The van der Waals surface area contributed by atoms with Crippen LogP contribution in [0.5, 0.6) is 6.01 Å². The smallest absolute Gasteiger partial charge is 0.321 e. The number of ether oxygens (including phenoxy) is 2. The summed E-state index contributed by atoms with van der Waals surface area (Å²) in [4.78, 5) is 14.4. The molecule has 1 aliphatic rings. The molecule has 0 bridgehead atoms. The molecule has 0 amide bonds. The first-order chi connectivity index (χ1) is 13.0. The van der Waals surface area contributed by atoms with Crippen molar-refractivity contribution >= 4 is 16.0 Å². The van der Waals surface area contributed by atoms with Gasteiger partial charge in [-0.1, -0.05) is 12.1 Å². The van der Waals surface area contributed by atoms with Crippen molar-refractivity contribution in [3.8, 4) is 12.1 Å². The first kappa shape index (κ1) is 19.0. The molecule has 1 aromatic carbocycles. The lowest BCUT2D eigenvalue weighted by Crippen LogP contribution is -2.37. The maximum absolute atomic E-state index is 12.5. The van der Waals surface area contributed by atoms with E-state index in [1.54, 1.807) is 12.1 Å². The Labute approximate surface area is 156 Å².